The van der Waals surface area contributed by atoms with Gasteiger partial charge in [-0.1, -0.05) is 0 Å². The summed E-state index contributed by atoms with van der Waals surface area (Å²) in [4.78, 5) is 31.0. The molecule has 1 aromatic heterocycles. The minimum atomic E-state index is -1.45. The van der Waals surface area contributed by atoms with Gasteiger partial charge in [0.05, 0.1) is 31.4 Å². The number of rotatable bonds is 8. The highest BCUT2D eigenvalue weighted by atomic mass is 19.1. The van der Waals surface area contributed by atoms with Crippen LogP contribution in [0.2, 0.25) is 0 Å². The summed E-state index contributed by atoms with van der Waals surface area (Å²) in [6, 6.07) is 13.8. The van der Waals surface area contributed by atoms with E-state index in [1.54, 1.807) is 18.2 Å². The number of ether oxygens (including phenoxy) is 2. The number of aryl methyl sites for hydroxylation is 1. The number of hydrogen-bond donors (Lipinski definition) is 2. The van der Waals surface area contributed by atoms with Crippen molar-refractivity contribution in [1.82, 2.24) is 24.8 Å². The van der Waals surface area contributed by atoms with Crippen LogP contribution >= 0.6 is 0 Å². The van der Waals surface area contributed by atoms with Gasteiger partial charge in [0.15, 0.2) is 12.0 Å². The molecule has 2 unspecified atom stereocenters. The number of aliphatic hydroxyl groups excluding tert-OH is 1. The molecule has 0 bridgehead atoms. The lowest BCUT2D eigenvalue weighted by molar-refractivity contribution is -0.138. The maximum atomic E-state index is 14.8. The second-order valence-electron chi connectivity index (χ2n) is 11.3. The summed E-state index contributed by atoms with van der Waals surface area (Å²) in [5, 5.41) is 22.1. The molecule has 2 aromatic carbocycles. The van der Waals surface area contributed by atoms with Crippen LogP contribution in [0.15, 0.2) is 42.7 Å². The van der Waals surface area contributed by atoms with E-state index in [1.165, 1.54) is 16.9 Å². The van der Waals surface area contributed by atoms with Crippen molar-refractivity contribution < 1.29 is 23.8 Å². The fourth-order valence-corrected chi connectivity index (χ4v) is 5.84. The van der Waals surface area contributed by atoms with Crippen molar-refractivity contribution in [3.05, 3.63) is 53.9 Å². The number of alkyl halides is 1. The molecule has 2 atom stereocenters. The van der Waals surface area contributed by atoms with Crippen LogP contribution in [-0.4, -0.2) is 113 Å². The molecule has 13 heteroatoms. The number of halogens is 1. The molecule has 0 spiro atoms. The van der Waals surface area contributed by atoms with Gasteiger partial charge in [-0.2, -0.15) is 10.2 Å². The van der Waals surface area contributed by atoms with Crippen molar-refractivity contribution in [2.24, 2.45) is 0 Å². The number of anilines is 3. The van der Waals surface area contributed by atoms with E-state index in [4.69, 9.17) is 14.6 Å². The van der Waals surface area contributed by atoms with E-state index >= 15 is 0 Å². The second kappa shape index (κ2) is 13.1. The van der Waals surface area contributed by atoms with Gasteiger partial charge in [0.2, 0.25) is 11.9 Å². The Hall–Kier alpha value is -4.38. The van der Waals surface area contributed by atoms with Gasteiger partial charge in [0.25, 0.3) is 0 Å². The third-order valence-electron chi connectivity index (χ3n) is 8.42. The van der Waals surface area contributed by atoms with Crippen molar-refractivity contribution in [1.29, 1.82) is 5.26 Å². The molecule has 3 fully saturated rings. The number of piperidine rings is 1. The van der Waals surface area contributed by atoms with E-state index in [9.17, 15) is 14.4 Å². The largest absolute Gasteiger partial charge is 0.486 e. The zero-order valence-electron chi connectivity index (χ0n) is 24.5. The quantitative estimate of drug-likeness (QED) is 0.393. The smallest absolute Gasteiger partial charge is 0.248 e. The standard InChI is InChI=1S/C31H35FN8O4/c1-20-12-23(3-4-26(20)39-10-8-38(9-11-39)24-17-43-18-24)36-31-35-19-34-30(37-31)21-2-5-27(22(13-21)14-33)44-28-6-7-40(15-25(28)32)29(42)16-41/h2-5,12-13,19,24-25,28,41H,6-11,15-18H2,1H3,(H,34,35,36,37). The van der Waals surface area contributed by atoms with Crippen molar-refractivity contribution >= 4 is 23.2 Å². The number of carbonyl (C=O) groups is 1. The van der Waals surface area contributed by atoms with Crippen LogP contribution in [0.5, 0.6) is 5.75 Å². The number of nitrogens with zero attached hydrogens (tertiary/aromatic N) is 7. The number of carbonyl (C=O) groups excluding carboxylic acids is 1. The molecule has 44 heavy (non-hydrogen) atoms. The van der Waals surface area contributed by atoms with Gasteiger partial charge in [-0.25, -0.2) is 14.4 Å². The normalized spacial score (nSPS) is 21.0. The van der Waals surface area contributed by atoms with E-state index in [0.29, 0.717) is 23.4 Å². The summed E-state index contributed by atoms with van der Waals surface area (Å²) in [6.07, 6.45) is -0.608. The van der Waals surface area contributed by atoms with Crippen LogP contribution < -0.4 is 15.0 Å². The molecule has 3 aliphatic rings. The number of piperazine rings is 1. The molecule has 3 aliphatic heterocycles. The Morgan fingerprint density at radius 3 is 2.66 bits per heavy atom. The first-order valence-electron chi connectivity index (χ1n) is 14.8. The van der Waals surface area contributed by atoms with E-state index in [2.05, 4.69) is 55.2 Å². The summed E-state index contributed by atoms with van der Waals surface area (Å²) >= 11 is 0. The molecule has 0 saturated carbocycles. The van der Waals surface area contributed by atoms with Crippen molar-refractivity contribution in [2.45, 2.75) is 31.7 Å². The van der Waals surface area contributed by atoms with Crippen LogP contribution in [0.25, 0.3) is 11.4 Å². The molecule has 0 radical (unpaired) electrons. The van der Waals surface area contributed by atoms with Crippen LogP contribution in [0.4, 0.5) is 21.7 Å². The number of nitriles is 1. The average Bonchev–Trinajstić information content (AvgIpc) is 3.01. The third kappa shape index (κ3) is 6.42. The molecule has 2 N–H and O–H groups in total. The highest BCUT2D eigenvalue weighted by molar-refractivity contribution is 5.77. The van der Waals surface area contributed by atoms with Crippen LogP contribution in [-0.2, 0) is 9.53 Å². The van der Waals surface area contributed by atoms with Crippen LogP contribution in [0.3, 0.4) is 0 Å². The van der Waals surface area contributed by atoms with Gasteiger partial charge in [-0.05, 0) is 48.9 Å². The van der Waals surface area contributed by atoms with Crippen molar-refractivity contribution in [3.8, 4) is 23.2 Å². The first-order chi connectivity index (χ1) is 21.4. The number of hydrogen-bond acceptors (Lipinski definition) is 11. The minimum Gasteiger partial charge on any atom is -0.486 e. The molecule has 0 aliphatic carbocycles. The van der Waals surface area contributed by atoms with E-state index in [0.717, 1.165) is 50.6 Å². The number of benzene rings is 2. The Kier molecular flexibility index (Phi) is 8.83. The molecule has 230 valence electrons. The maximum absolute atomic E-state index is 14.8. The molecule has 6 rings (SSSR count). The number of amides is 1. The molecule has 3 aromatic rings. The molecular formula is C31H35FN8O4. The Morgan fingerprint density at radius 1 is 1.16 bits per heavy atom. The number of aliphatic hydroxyl groups is 1. The highest BCUT2D eigenvalue weighted by Crippen LogP contribution is 2.30. The SMILES string of the molecule is Cc1cc(Nc2ncnc(-c3ccc(OC4CCN(C(=O)CO)CC4F)c(C#N)c3)n2)ccc1N1CCN(C2COC2)CC1. The molecule has 3 saturated heterocycles. The third-order valence-corrected chi connectivity index (χ3v) is 8.42. The lowest BCUT2D eigenvalue weighted by Gasteiger charge is -2.43. The zero-order valence-corrected chi connectivity index (χ0v) is 24.5. The van der Waals surface area contributed by atoms with Crippen LogP contribution in [0, 0.1) is 18.3 Å². The van der Waals surface area contributed by atoms with Crippen molar-refractivity contribution in [2.75, 3.05) is 69.3 Å². The molecule has 4 heterocycles. The molecular weight excluding hydrogens is 567 g/mol. The molecule has 12 nitrogen and oxygen atoms in total. The van der Waals surface area contributed by atoms with Gasteiger partial charge in [-0.15, -0.1) is 0 Å². The van der Waals surface area contributed by atoms with Gasteiger partial charge >= 0.3 is 0 Å². The summed E-state index contributed by atoms with van der Waals surface area (Å²) in [6.45, 7) is 7.25. The predicted octanol–water partition coefficient (Wildman–Crippen LogP) is 2.29. The van der Waals surface area contributed by atoms with E-state index in [1.807, 2.05) is 6.07 Å². The first kappa shape index (κ1) is 29.7. The lowest BCUT2D eigenvalue weighted by atomic mass is 10.0. The van der Waals surface area contributed by atoms with Crippen molar-refractivity contribution in [3.63, 3.8) is 0 Å². The van der Waals surface area contributed by atoms with E-state index < -0.39 is 24.8 Å². The van der Waals surface area contributed by atoms with Gasteiger partial charge in [-0.3, -0.25) is 9.69 Å². The Labute approximate surface area is 255 Å². The monoisotopic (exact) mass is 602 g/mol. The fourth-order valence-electron chi connectivity index (χ4n) is 5.84. The molecule has 1 amide bonds. The Morgan fingerprint density at radius 2 is 1.98 bits per heavy atom. The second-order valence-corrected chi connectivity index (χ2v) is 11.3. The van der Waals surface area contributed by atoms with E-state index in [-0.39, 0.29) is 30.8 Å². The zero-order chi connectivity index (χ0) is 30.6. The van der Waals surface area contributed by atoms with Crippen LogP contribution in [0.1, 0.15) is 17.5 Å². The number of likely N-dealkylation sites (tertiary alicyclic amines) is 1. The predicted molar refractivity (Wildman–Crippen MR) is 160 cm³/mol. The fraction of sp³-hybridized carbons (Fsp3) is 0.452. The topological polar surface area (TPSA) is 140 Å². The minimum absolute atomic E-state index is 0.166. The first-order valence-corrected chi connectivity index (χ1v) is 14.8. The Bertz CT molecular complexity index is 1540. The number of nitrogens with one attached hydrogen (secondary N) is 1. The summed E-state index contributed by atoms with van der Waals surface area (Å²) in [5.41, 5.74) is 4.01. The highest BCUT2D eigenvalue weighted by Gasteiger charge is 2.33. The summed E-state index contributed by atoms with van der Waals surface area (Å²) < 4.78 is 26.0. The Balaban J connectivity index is 1.10. The maximum Gasteiger partial charge on any atom is 0.248 e. The average molecular weight is 603 g/mol. The summed E-state index contributed by atoms with van der Waals surface area (Å²) in [7, 11) is 0. The number of aromatic nitrogens is 3. The lowest BCUT2D eigenvalue weighted by Crippen LogP contribution is -2.56. The summed E-state index contributed by atoms with van der Waals surface area (Å²) in [5.74, 6) is 0.456. The van der Waals surface area contributed by atoms with Gasteiger partial charge < -0.3 is 29.7 Å². The van der Waals surface area contributed by atoms with Gasteiger partial charge in [0.1, 0.15) is 30.9 Å². The van der Waals surface area contributed by atoms with Gasteiger partial charge in [0, 0.05) is 56.1 Å².